The lowest BCUT2D eigenvalue weighted by molar-refractivity contribution is 0.0864. The smallest absolute Gasteiger partial charge is 0.273 e. The Morgan fingerprint density at radius 1 is 1.23 bits per heavy atom. The SMILES string of the molecule is Cc1oc(-c2cccs2)nc1C(=O)NCCCN1CCN(C)CC1c1ccccc1. The maximum Gasteiger partial charge on any atom is 0.273 e. The van der Waals surface area contributed by atoms with Crippen LogP contribution in [0.5, 0.6) is 0 Å². The van der Waals surface area contributed by atoms with Gasteiger partial charge in [0, 0.05) is 38.8 Å². The predicted molar refractivity (Wildman–Crippen MR) is 120 cm³/mol. The Morgan fingerprint density at radius 2 is 2.07 bits per heavy atom. The summed E-state index contributed by atoms with van der Waals surface area (Å²) < 4.78 is 5.68. The van der Waals surface area contributed by atoms with Crippen molar-refractivity contribution in [2.45, 2.75) is 19.4 Å². The summed E-state index contributed by atoms with van der Waals surface area (Å²) in [6.45, 7) is 6.49. The quantitative estimate of drug-likeness (QED) is 0.584. The Balaban J connectivity index is 1.30. The Hall–Kier alpha value is -2.48. The molecule has 3 heterocycles. The molecule has 0 aliphatic carbocycles. The van der Waals surface area contributed by atoms with Crippen molar-refractivity contribution in [1.29, 1.82) is 0 Å². The summed E-state index contributed by atoms with van der Waals surface area (Å²) in [6.07, 6.45) is 0.896. The third-order valence-corrected chi connectivity index (χ3v) is 6.39. The van der Waals surface area contributed by atoms with E-state index in [1.165, 1.54) is 5.56 Å². The monoisotopic (exact) mass is 424 g/mol. The fourth-order valence-corrected chi connectivity index (χ4v) is 4.55. The van der Waals surface area contributed by atoms with Crippen LogP contribution in [0.15, 0.2) is 52.3 Å². The zero-order valence-corrected chi connectivity index (χ0v) is 18.3. The minimum atomic E-state index is -0.169. The fourth-order valence-electron chi connectivity index (χ4n) is 3.90. The van der Waals surface area contributed by atoms with Crippen LogP contribution in [-0.4, -0.2) is 60.5 Å². The number of nitrogens with one attached hydrogen (secondary N) is 1. The van der Waals surface area contributed by atoms with Crippen molar-refractivity contribution in [1.82, 2.24) is 20.1 Å². The van der Waals surface area contributed by atoms with Crippen LogP contribution < -0.4 is 5.32 Å². The molecule has 3 aromatic rings. The number of thiophene rings is 1. The number of oxazole rings is 1. The zero-order chi connectivity index (χ0) is 20.9. The van der Waals surface area contributed by atoms with E-state index >= 15 is 0 Å². The van der Waals surface area contributed by atoms with E-state index in [4.69, 9.17) is 4.42 Å². The fraction of sp³-hybridized carbons (Fsp3) is 0.391. The van der Waals surface area contributed by atoms with Gasteiger partial charge in [0.2, 0.25) is 5.89 Å². The summed E-state index contributed by atoms with van der Waals surface area (Å²) in [5.74, 6) is 0.895. The predicted octanol–water partition coefficient (Wildman–Crippen LogP) is 3.82. The van der Waals surface area contributed by atoms with Gasteiger partial charge in [-0.3, -0.25) is 9.69 Å². The molecule has 7 heteroatoms. The van der Waals surface area contributed by atoms with Crippen LogP contribution in [0.1, 0.15) is 34.3 Å². The van der Waals surface area contributed by atoms with Gasteiger partial charge in [-0.25, -0.2) is 4.98 Å². The second-order valence-corrected chi connectivity index (χ2v) is 8.68. The molecule has 0 bridgehead atoms. The Labute approximate surface area is 181 Å². The molecule has 1 atom stereocenters. The molecule has 1 aromatic carbocycles. The second-order valence-electron chi connectivity index (χ2n) is 7.74. The molecule has 1 aliphatic rings. The highest BCUT2D eigenvalue weighted by molar-refractivity contribution is 7.13. The lowest BCUT2D eigenvalue weighted by Crippen LogP contribution is -2.47. The first-order valence-electron chi connectivity index (χ1n) is 10.4. The number of rotatable bonds is 7. The van der Waals surface area contributed by atoms with E-state index in [1.807, 2.05) is 17.5 Å². The molecular formula is C23H28N4O2S. The van der Waals surface area contributed by atoms with Crippen LogP contribution in [0, 0.1) is 6.92 Å². The minimum Gasteiger partial charge on any atom is -0.440 e. The van der Waals surface area contributed by atoms with Gasteiger partial charge in [-0.05, 0) is 37.4 Å². The number of aromatic nitrogens is 1. The van der Waals surface area contributed by atoms with Crippen molar-refractivity contribution in [3.05, 3.63) is 64.9 Å². The van der Waals surface area contributed by atoms with Gasteiger partial charge >= 0.3 is 0 Å². The molecule has 1 N–H and O–H groups in total. The number of hydrogen-bond donors (Lipinski definition) is 1. The van der Waals surface area contributed by atoms with E-state index in [0.717, 1.165) is 37.5 Å². The molecule has 6 nitrogen and oxygen atoms in total. The van der Waals surface area contributed by atoms with E-state index in [9.17, 15) is 4.79 Å². The number of carbonyl (C=O) groups excluding carboxylic acids is 1. The number of likely N-dealkylation sites (N-methyl/N-ethyl adjacent to an activating group) is 1. The molecule has 1 fully saturated rings. The number of carbonyl (C=O) groups is 1. The highest BCUT2D eigenvalue weighted by Crippen LogP contribution is 2.26. The largest absolute Gasteiger partial charge is 0.440 e. The maximum absolute atomic E-state index is 12.6. The summed E-state index contributed by atoms with van der Waals surface area (Å²) in [4.78, 5) is 22.8. The maximum atomic E-state index is 12.6. The second kappa shape index (κ2) is 9.55. The number of benzene rings is 1. The summed E-state index contributed by atoms with van der Waals surface area (Å²) in [7, 11) is 2.18. The molecule has 0 saturated carbocycles. The summed E-state index contributed by atoms with van der Waals surface area (Å²) in [5, 5.41) is 4.97. The van der Waals surface area contributed by atoms with Gasteiger partial charge in [-0.2, -0.15) is 0 Å². The molecule has 1 aliphatic heterocycles. The Bertz CT molecular complexity index is 955. The molecule has 0 spiro atoms. The van der Waals surface area contributed by atoms with Gasteiger partial charge in [0.05, 0.1) is 4.88 Å². The van der Waals surface area contributed by atoms with E-state index < -0.39 is 0 Å². The Kier molecular flexibility index (Phi) is 6.62. The van der Waals surface area contributed by atoms with Gasteiger partial charge in [-0.1, -0.05) is 36.4 Å². The third-order valence-electron chi connectivity index (χ3n) is 5.53. The molecule has 4 rings (SSSR count). The number of nitrogens with zero attached hydrogens (tertiary/aromatic N) is 3. The normalized spacial score (nSPS) is 17.9. The van der Waals surface area contributed by atoms with Gasteiger partial charge in [-0.15, -0.1) is 11.3 Å². The van der Waals surface area contributed by atoms with Crippen molar-refractivity contribution in [3.8, 4) is 10.8 Å². The van der Waals surface area contributed by atoms with E-state index in [-0.39, 0.29) is 5.91 Å². The van der Waals surface area contributed by atoms with Crippen LogP contribution in [0.4, 0.5) is 0 Å². The van der Waals surface area contributed by atoms with Crippen LogP contribution in [0.3, 0.4) is 0 Å². The molecule has 1 amide bonds. The van der Waals surface area contributed by atoms with Crippen molar-refractivity contribution < 1.29 is 9.21 Å². The highest BCUT2D eigenvalue weighted by atomic mass is 32.1. The summed E-state index contributed by atoms with van der Waals surface area (Å²) >= 11 is 1.55. The molecule has 1 unspecified atom stereocenters. The number of aryl methyl sites for hydroxylation is 1. The third kappa shape index (κ3) is 4.80. The van der Waals surface area contributed by atoms with Crippen molar-refractivity contribution in [2.75, 3.05) is 39.8 Å². The number of piperazine rings is 1. The highest BCUT2D eigenvalue weighted by Gasteiger charge is 2.26. The first-order chi connectivity index (χ1) is 14.6. The number of hydrogen-bond acceptors (Lipinski definition) is 6. The molecule has 30 heavy (non-hydrogen) atoms. The summed E-state index contributed by atoms with van der Waals surface area (Å²) in [5.41, 5.74) is 1.73. The lowest BCUT2D eigenvalue weighted by Gasteiger charge is -2.40. The van der Waals surface area contributed by atoms with Gasteiger partial charge in [0.25, 0.3) is 5.91 Å². The molecule has 158 valence electrons. The Morgan fingerprint density at radius 3 is 2.83 bits per heavy atom. The van der Waals surface area contributed by atoms with E-state index in [1.54, 1.807) is 18.3 Å². The lowest BCUT2D eigenvalue weighted by atomic mass is 10.0. The van der Waals surface area contributed by atoms with Crippen LogP contribution in [-0.2, 0) is 0 Å². The van der Waals surface area contributed by atoms with Gasteiger partial charge in [0.1, 0.15) is 5.76 Å². The van der Waals surface area contributed by atoms with Crippen molar-refractivity contribution >= 4 is 17.2 Å². The minimum absolute atomic E-state index is 0.169. The van der Waals surface area contributed by atoms with Crippen LogP contribution in [0.25, 0.3) is 10.8 Å². The molecular weight excluding hydrogens is 396 g/mol. The van der Waals surface area contributed by atoms with Crippen molar-refractivity contribution in [2.24, 2.45) is 0 Å². The first kappa shape index (κ1) is 20.8. The average molecular weight is 425 g/mol. The van der Waals surface area contributed by atoms with Crippen LogP contribution in [0.2, 0.25) is 0 Å². The van der Waals surface area contributed by atoms with Gasteiger partial charge < -0.3 is 14.6 Å². The van der Waals surface area contributed by atoms with Gasteiger partial charge in [0.15, 0.2) is 5.69 Å². The van der Waals surface area contributed by atoms with Crippen LogP contribution >= 0.6 is 11.3 Å². The van der Waals surface area contributed by atoms with E-state index in [2.05, 4.69) is 57.5 Å². The summed E-state index contributed by atoms with van der Waals surface area (Å²) in [6, 6.07) is 15.0. The van der Waals surface area contributed by atoms with E-state index in [0.29, 0.717) is 29.9 Å². The molecule has 0 radical (unpaired) electrons. The topological polar surface area (TPSA) is 61.6 Å². The first-order valence-corrected chi connectivity index (χ1v) is 11.3. The molecule has 2 aromatic heterocycles. The average Bonchev–Trinajstić information content (AvgIpc) is 3.42. The number of amides is 1. The standard InChI is InChI=1S/C23H28N4O2S/c1-17-21(25-23(29-17)20-10-6-15-30-20)22(28)24-11-7-12-27-14-13-26(2)16-19(27)18-8-4-3-5-9-18/h3-6,8-10,15,19H,7,11-14,16H2,1-2H3,(H,24,28). The zero-order valence-electron chi connectivity index (χ0n) is 17.5. The molecule has 1 saturated heterocycles. The van der Waals surface area contributed by atoms with Crippen molar-refractivity contribution in [3.63, 3.8) is 0 Å².